The first-order chi connectivity index (χ1) is 57.1. The molecule has 0 amide bonds. The Morgan fingerprint density at radius 2 is 0.488 bits per heavy atom. The van der Waals surface area contributed by atoms with E-state index in [0.29, 0.717) is 0 Å². The van der Waals surface area contributed by atoms with E-state index in [1.54, 1.807) is 0 Å². The molecule has 0 spiro atoms. The van der Waals surface area contributed by atoms with Crippen LogP contribution in [-0.2, 0) is 75.4 Å². The fraction of sp³-hybridized carbons (Fsp3) is 0.122. The van der Waals surface area contributed by atoms with Crippen molar-refractivity contribution in [3.8, 4) is 113 Å². The number of ether oxygens (including phenoxy) is 2. The third-order valence-electron chi connectivity index (χ3n) is 20.0. The van der Waals surface area contributed by atoms with Crippen molar-refractivity contribution in [3.05, 3.63) is 225 Å². The van der Waals surface area contributed by atoms with Crippen LogP contribution in [0.15, 0.2) is 170 Å². The van der Waals surface area contributed by atoms with Crippen molar-refractivity contribution in [2.75, 3.05) is 14.2 Å². The summed E-state index contributed by atoms with van der Waals surface area (Å²) in [4.78, 5) is 78.0. The Morgan fingerprint density at radius 1 is 0.268 bits per heavy atom. The van der Waals surface area contributed by atoms with Crippen LogP contribution >= 0.6 is 0 Å². The molecule has 2 aliphatic heterocycles. The number of aromatic amines is 2. The van der Waals surface area contributed by atoms with Crippen molar-refractivity contribution in [1.29, 1.82) is 0 Å². The molecule has 17 rings (SSSR count). The SMILES string of the molecule is COC(=O)c1ccc(-c2nc3cc4c(cc3[nH]2)-c2nc-4nc3[n-]c(nc4nc(nc5[n-]c(n2)c2c(-c6cc(C(F)(F)F)cc(C(F)(F)F)c6)ccc(-c6cc(C(F)(F)F)cc(C(F)(F)F)c6)c52)-c2cc5nc(-c6ccc(C(=O)OC)cc6)[nH]c5cc2-4)c2c(-c4cc(C(F)(F)F)cc(C(F)(F)F)c4)ccc(-c4cc(C(F)(F)F)cc(C(F)(F)F)c4)c32)cc1.[Ni+2]. The van der Waals surface area contributed by atoms with Gasteiger partial charge in [0.05, 0.1) is 115 Å². The second-order valence-corrected chi connectivity index (χ2v) is 27.6. The molecule has 2 aliphatic rings. The summed E-state index contributed by atoms with van der Waals surface area (Å²) in [7, 11) is 2.19. The maximum atomic E-state index is 15.1. The Hall–Kier alpha value is -13.7. The van der Waals surface area contributed by atoms with Gasteiger partial charge in [0, 0.05) is 77.5 Å². The number of fused-ring (bicyclic) bond motifs is 22. The van der Waals surface area contributed by atoms with Gasteiger partial charge in [-0.1, -0.05) is 48.5 Å². The molecule has 123 heavy (non-hydrogen) atoms. The molecule has 0 unspecified atom stereocenters. The van der Waals surface area contributed by atoms with Crippen molar-refractivity contribution in [2.45, 2.75) is 49.4 Å². The topological polar surface area (TPSA) is 216 Å². The van der Waals surface area contributed by atoms with E-state index in [4.69, 9.17) is 29.4 Å². The zero-order chi connectivity index (χ0) is 87.1. The molecular formula is C82H36F24N12NiO4. The molecule has 8 bridgehead atoms. The predicted octanol–water partition coefficient (Wildman–Crippen LogP) is 23.6. The summed E-state index contributed by atoms with van der Waals surface area (Å²) in [6.45, 7) is 0. The average Bonchev–Trinajstić information content (AvgIpc) is 1.58. The molecule has 0 saturated carbocycles. The number of halogens is 24. The van der Waals surface area contributed by atoms with Crippen LogP contribution < -0.4 is 9.97 Å². The number of imidazole rings is 2. The van der Waals surface area contributed by atoms with Gasteiger partial charge in [0.1, 0.15) is 11.6 Å². The maximum Gasteiger partial charge on any atom is 2.00 e. The molecule has 15 aromatic rings. The minimum absolute atomic E-state index is 0. The summed E-state index contributed by atoms with van der Waals surface area (Å²) in [6.07, 6.45) is -45.1. The summed E-state index contributed by atoms with van der Waals surface area (Å²) < 4.78 is 373. The Balaban J connectivity index is 0.0000112. The van der Waals surface area contributed by atoms with E-state index in [-0.39, 0.29) is 168 Å². The van der Waals surface area contributed by atoms with E-state index in [2.05, 4.69) is 39.9 Å². The number of alkyl halides is 24. The van der Waals surface area contributed by atoms with Gasteiger partial charge in [-0.05, 0) is 166 Å². The van der Waals surface area contributed by atoms with E-state index < -0.39 is 218 Å². The quantitative estimate of drug-likeness (QED) is 0.0822. The summed E-state index contributed by atoms with van der Waals surface area (Å²) in [5.74, 6) is -4.63. The van der Waals surface area contributed by atoms with Gasteiger partial charge in [-0.3, -0.25) is 0 Å². The second-order valence-electron chi connectivity index (χ2n) is 27.6. The molecule has 0 fully saturated rings. The number of carbonyl (C=O) groups is 2. The van der Waals surface area contributed by atoms with E-state index in [1.807, 2.05) is 0 Å². The van der Waals surface area contributed by atoms with Crippen molar-refractivity contribution in [1.82, 2.24) is 59.8 Å². The first-order valence-corrected chi connectivity index (χ1v) is 34.8. The van der Waals surface area contributed by atoms with Gasteiger partial charge in [-0.2, -0.15) is 105 Å². The molecule has 2 N–H and O–H groups in total. The van der Waals surface area contributed by atoms with Gasteiger partial charge in [-0.15, -0.1) is 0 Å². The number of methoxy groups -OCH3 is 2. The standard InChI is InChI=1S/C82H38F24N12O4.Ni/c1-121-73(119)33-7-3-31(4-8-33)63-107-55-27-51-52(28-56(55)108-63)66-111-65(51)113-69-59-47(35-15-39(75(83,84)85)23-40(16-35)76(86,87)88)11-13-49(37-19-43(79(95,96)97)25-44(20-37)80(98,99)100)61(59)71(117-69)115-67-53-29-57-58(110-64(109-57)32-5-9-34(10-6-32)74(120)122-2)30-54(53)68(112-67)116-72-62-50(38-21-45(81(101,102)103)26-46(22-38)82(104,105)106)14-12-48(60(62)70(114-66)118-72)36-17-41(77(89,90)91)24-42(18-36)78(92,93)94;/h3-30H,1-2H3,(H4,107,108,109,110,111,112,113,114,115,116,117,118,119,120);/q;+2/p-2. The normalized spacial score (nSPS) is 13.0. The Bertz CT molecular complexity index is 6260. The number of aromatic nitrogens is 12. The van der Waals surface area contributed by atoms with Crippen LogP contribution in [0.4, 0.5) is 105 Å². The number of nitrogens with one attached hydrogen (secondary N) is 2. The van der Waals surface area contributed by atoms with Crippen LogP contribution in [0.5, 0.6) is 0 Å². The smallest absolute Gasteiger partial charge is 0.465 e. The Morgan fingerprint density at radius 3 is 0.699 bits per heavy atom. The van der Waals surface area contributed by atoms with Crippen molar-refractivity contribution < 1.29 is 141 Å². The van der Waals surface area contributed by atoms with Gasteiger partial charge in [0.2, 0.25) is 0 Å². The van der Waals surface area contributed by atoms with Crippen LogP contribution in [0.2, 0.25) is 0 Å². The summed E-state index contributed by atoms with van der Waals surface area (Å²) in [5.41, 5.74) is -28.0. The van der Waals surface area contributed by atoms with E-state index in [9.17, 15) is 9.59 Å². The Labute approximate surface area is 678 Å². The third-order valence-corrected chi connectivity index (χ3v) is 20.0. The van der Waals surface area contributed by atoms with Gasteiger partial charge < -0.3 is 49.3 Å². The Kier molecular flexibility index (Phi) is 19.4. The number of nitrogens with zero attached hydrogens (tertiary/aromatic N) is 10. The van der Waals surface area contributed by atoms with Crippen LogP contribution in [0.1, 0.15) is 65.2 Å². The number of hydrogen-bond acceptors (Lipinski definition) is 12. The molecule has 16 nitrogen and oxygen atoms in total. The molecule has 0 aliphatic carbocycles. The first kappa shape index (κ1) is 82.9. The number of esters is 2. The van der Waals surface area contributed by atoms with Gasteiger partial charge >= 0.3 is 77.8 Å². The summed E-state index contributed by atoms with van der Waals surface area (Å²) in [5, 5.41) is -3.32. The molecule has 10 aromatic carbocycles. The number of carbonyl (C=O) groups excluding carboxylic acids is 2. The average molecular weight is 1770 g/mol. The van der Waals surface area contributed by atoms with Gasteiger partial charge in [0.25, 0.3) is 0 Å². The third kappa shape index (κ3) is 15.1. The number of benzene rings is 10. The number of hydrogen-bond donors (Lipinski definition) is 2. The molecule has 0 saturated heterocycles. The number of H-pyrrole nitrogens is 2. The van der Waals surface area contributed by atoms with Crippen LogP contribution in [0, 0.1) is 0 Å². The predicted molar refractivity (Wildman–Crippen MR) is 389 cm³/mol. The molecule has 5 aromatic heterocycles. The zero-order valence-electron chi connectivity index (χ0n) is 60.7. The van der Waals surface area contributed by atoms with Crippen molar-refractivity contribution in [2.24, 2.45) is 0 Å². The largest absolute Gasteiger partial charge is 2.00 e. The van der Waals surface area contributed by atoms with Gasteiger partial charge in [-0.25, -0.2) is 29.5 Å². The molecule has 7 heterocycles. The minimum atomic E-state index is -5.63. The van der Waals surface area contributed by atoms with Crippen LogP contribution in [0.3, 0.4) is 0 Å². The molecule has 41 heteroatoms. The molecule has 626 valence electrons. The number of rotatable bonds is 8. The minimum Gasteiger partial charge on any atom is -0.465 e. The van der Waals surface area contributed by atoms with Crippen molar-refractivity contribution >= 4 is 78.1 Å². The molecular weight excluding hydrogens is 1730 g/mol. The van der Waals surface area contributed by atoms with Crippen molar-refractivity contribution in [3.63, 3.8) is 0 Å². The summed E-state index contributed by atoms with van der Waals surface area (Å²) in [6, 6.07) is 19.1. The first-order valence-electron chi connectivity index (χ1n) is 34.8. The van der Waals surface area contributed by atoms with Gasteiger partial charge in [0.15, 0.2) is 0 Å². The molecule has 0 radical (unpaired) electrons. The maximum absolute atomic E-state index is 15.1. The van der Waals surface area contributed by atoms with E-state index >= 15 is 105 Å². The van der Waals surface area contributed by atoms with E-state index in [1.165, 1.54) is 72.8 Å². The summed E-state index contributed by atoms with van der Waals surface area (Å²) >= 11 is 0. The van der Waals surface area contributed by atoms with Crippen LogP contribution in [0.25, 0.3) is 179 Å². The second kappa shape index (κ2) is 28.7. The monoisotopic (exact) mass is 1770 g/mol. The molecule has 0 atom stereocenters. The van der Waals surface area contributed by atoms with E-state index in [0.717, 1.165) is 38.5 Å². The zero-order valence-corrected chi connectivity index (χ0v) is 61.6. The fourth-order valence-corrected chi connectivity index (χ4v) is 14.4. The van der Waals surface area contributed by atoms with Crippen LogP contribution in [-0.4, -0.2) is 76.0 Å². The fourth-order valence-electron chi connectivity index (χ4n) is 14.4.